The van der Waals surface area contributed by atoms with E-state index in [4.69, 9.17) is 23.2 Å². The van der Waals surface area contributed by atoms with Gasteiger partial charge in [-0.05, 0) is 63.3 Å². The second-order valence-corrected chi connectivity index (χ2v) is 11.4. The van der Waals surface area contributed by atoms with E-state index in [2.05, 4.69) is 43.8 Å². The van der Waals surface area contributed by atoms with Gasteiger partial charge in [0.05, 0.1) is 22.1 Å². The second-order valence-electron chi connectivity index (χ2n) is 10.6. The highest BCUT2D eigenvalue weighted by Crippen LogP contribution is 2.23. The number of aryl methyl sites for hydroxylation is 2. The number of anilines is 2. The summed E-state index contributed by atoms with van der Waals surface area (Å²) in [6.07, 6.45) is 0. The quantitative estimate of drug-likeness (QED) is 0.357. The molecule has 12 heteroatoms. The van der Waals surface area contributed by atoms with Gasteiger partial charge in [0.2, 0.25) is 0 Å². The molecule has 2 aliphatic rings. The van der Waals surface area contributed by atoms with Crippen LogP contribution in [0.4, 0.5) is 11.6 Å². The summed E-state index contributed by atoms with van der Waals surface area (Å²) in [4.78, 5) is 47.8. The van der Waals surface area contributed by atoms with Crippen molar-refractivity contribution in [3.8, 4) is 0 Å². The Bertz CT molecular complexity index is 1530. The number of hydrogen-bond donors (Lipinski definition) is 2. The molecule has 0 saturated carbocycles. The number of benzene rings is 2. The molecule has 2 fully saturated rings. The molecule has 0 bridgehead atoms. The number of aromatic nitrogens is 4. The van der Waals surface area contributed by atoms with Gasteiger partial charge in [0.1, 0.15) is 0 Å². The minimum atomic E-state index is -0.151. The van der Waals surface area contributed by atoms with Crippen LogP contribution in [-0.2, 0) is 0 Å². The standard InChI is InChI=1S/2C14H17ClN4O.CH4/c1-9-7-11-12(8-10(9)15)16-13(14(20)17-11)19-5-3-18(2)4-6-19;1-9-7-11-12(8-10(9)15)17-14(20)13(16-11)19-5-3-18(2)4-6-19;/h2*7-8H,3-6H2,1-2H3,(H,17,20);1H4. The Labute approximate surface area is 249 Å². The summed E-state index contributed by atoms with van der Waals surface area (Å²) in [5, 5.41) is 1.31. The predicted molar refractivity (Wildman–Crippen MR) is 170 cm³/mol. The van der Waals surface area contributed by atoms with Gasteiger partial charge in [-0.25, -0.2) is 9.97 Å². The fourth-order valence-corrected chi connectivity index (χ4v) is 5.20. The molecule has 2 aliphatic heterocycles. The number of likely N-dealkylation sites (N-methyl/N-ethyl adjacent to an activating group) is 2. The van der Waals surface area contributed by atoms with Gasteiger partial charge in [-0.3, -0.25) is 9.59 Å². The number of hydrogen-bond acceptors (Lipinski definition) is 8. The van der Waals surface area contributed by atoms with Crippen LogP contribution in [0.25, 0.3) is 22.1 Å². The van der Waals surface area contributed by atoms with E-state index in [1.54, 1.807) is 6.07 Å². The maximum atomic E-state index is 12.2. The maximum Gasteiger partial charge on any atom is 0.291 e. The van der Waals surface area contributed by atoms with E-state index in [1.165, 1.54) is 0 Å². The van der Waals surface area contributed by atoms with Gasteiger partial charge < -0.3 is 29.6 Å². The van der Waals surface area contributed by atoms with Crippen molar-refractivity contribution in [2.45, 2.75) is 21.3 Å². The molecule has 2 aromatic carbocycles. The molecule has 4 heterocycles. The molecule has 41 heavy (non-hydrogen) atoms. The van der Waals surface area contributed by atoms with Crippen LogP contribution >= 0.6 is 23.2 Å². The minimum absolute atomic E-state index is 0. The van der Waals surface area contributed by atoms with Crippen LogP contribution in [-0.4, -0.2) is 96.2 Å². The molecule has 10 nitrogen and oxygen atoms in total. The van der Waals surface area contributed by atoms with E-state index in [1.807, 2.05) is 41.8 Å². The largest absolute Gasteiger partial charge is 0.349 e. The van der Waals surface area contributed by atoms with Crippen LogP contribution in [0.5, 0.6) is 0 Å². The molecule has 0 unspecified atom stereocenters. The van der Waals surface area contributed by atoms with Crippen molar-refractivity contribution in [1.29, 1.82) is 0 Å². The Balaban J connectivity index is 0.000000184. The highest BCUT2D eigenvalue weighted by atomic mass is 35.5. The summed E-state index contributed by atoms with van der Waals surface area (Å²) < 4.78 is 0. The molecule has 2 aromatic heterocycles. The van der Waals surface area contributed by atoms with Crippen molar-refractivity contribution in [2.75, 3.05) is 76.3 Å². The zero-order valence-corrected chi connectivity index (χ0v) is 24.7. The summed E-state index contributed by atoms with van der Waals surface area (Å²) >= 11 is 12.2. The van der Waals surface area contributed by atoms with Crippen LogP contribution in [0.2, 0.25) is 10.0 Å². The van der Waals surface area contributed by atoms with Gasteiger partial charge in [0, 0.05) is 62.4 Å². The summed E-state index contributed by atoms with van der Waals surface area (Å²) in [5.41, 5.74) is 4.53. The number of aromatic amines is 2. The van der Waals surface area contributed by atoms with Gasteiger partial charge in [0.25, 0.3) is 11.1 Å². The average molecular weight is 602 g/mol. The number of H-pyrrole nitrogens is 2. The first-order valence-electron chi connectivity index (χ1n) is 13.4. The van der Waals surface area contributed by atoms with Gasteiger partial charge >= 0.3 is 0 Å². The fraction of sp³-hybridized carbons (Fsp3) is 0.448. The molecule has 2 saturated heterocycles. The van der Waals surface area contributed by atoms with Crippen LogP contribution in [0.15, 0.2) is 33.9 Å². The third kappa shape index (κ3) is 6.83. The molecule has 4 aromatic rings. The second kappa shape index (κ2) is 12.8. The molecule has 2 N–H and O–H groups in total. The number of piperazine rings is 2. The Kier molecular flexibility index (Phi) is 9.59. The summed E-state index contributed by atoms with van der Waals surface area (Å²) in [7, 11) is 4.17. The first-order valence-corrected chi connectivity index (χ1v) is 14.1. The summed E-state index contributed by atoms with van der Waals surface area (Å²) in [5.74, 6) is 0.998. The zero-order chi connectivity index (χ0) is 28.6. The number of fused-ring (bicyclic) bond motifs is 2. The van der Waals surface area contributed by atoms with Crippen molar-refractivity contribution in [1.82, 2.24) is 29.7 Å². The Hall–Kier alpha value is -3.18. The molecule has 0 radical (unpaired) electrons. The van der Waals surface area contributed by atoms with Gasteiger partial charge in [-0.1, -0.05) is 30.6 Å². The molecule has 0 amide bonds. The maximum absolute atomic E-state index is 12.2. The van der Waals surface area contributed by atoms with E-state index < -0.39 is 0 Å². The lowest BCUT2D eigenvalue weighted by molar-refractivity contribution is 0.312. The topological polar surface area (TPSA) is 104 Å². The molecule has 0 atom stereocenters. The van der Waals surface area contributed by atoms with Crippen molar-refractivity contribution in [3.05, 3.63) is 66.1 Å². The molecular formula is C29H38Cl2N8O2. The van der Waals surface area contributed by atoms with Crippen LogP contribution in [0, 0.1) is 13.8 Å². The normalized spacial score (nSPS) is 16.4. The average Bonchev–Trinajstić information content (AvgIpc) is 2.92. The third-order valence-electron chi connectivity index (χ3n) is 7.51. The lowest BCUT2D eigenvalue weighted by atomic mass is 10.2. The van der Waals surface area contributed by atoms with Crippen molar-refractivity contribution >= 4 is 56.9 Å². The Morgan fingerprint density at radius 1 is 0.634 bits per heavy atom. The highest BCUT2D eigenvalue weighted by molar-refractivity contribution is 6.32. The molecule has 220 valence electrons. The Morgan fingerprint density at radius 3 is 1.51 bits per heavy atom. The predicted octanol–water partition coefficient (Wildman–Crippen LogP) is 3.91. The Morgan fingerprint density at radius 2 is 1.02 bits per heavy atom. The van der Waals surface area contributed by atoms with Gasteiger partial charge in [-0.15, -0.1) is 0 Å². The van der Waals surface area contributed by atoms with Crippen LogP contribution in [0.3, 0.4) is 0 Å². The van der Waals surface area contributed by atoms with Gasteiger partial charge in [-0.2, -0.15) is 0 Å². The van der Waals surface area contributed by atoms with E-state index in [0.717, 1.165) is 80.0 Å². The van der Waals surface area contributed by atoms with E-state index in [0.29, 0.717) is 27.2 Å². The summed E-state index contributed by atoms with van der Waals surface area (Å²) in [6.45, 7) is 10.9. The van der Waals surface area contributed by atoms with E-state index >= 15 is 0 Å². The van der Waals surface area contributed by atoms with Crippen LogP contribution < -0.4 is 20.9 Å². The summed E-state index contributed by atoms with van der Waals surface area (Å²) in [6, 6.07) is 7.34. The fourth-order valence-electron chi connectivity index (χ4n) is 4.87. The first kappa shape index (κ1) is 30.8. The molecular weight excluding hydrogens is 563 g/mol. The van der Waals surface area contributed by atoms with Crippen molar-refractivity contribution in [3.63, 3.8) is 0 Å². The zero-order valence-electron chi connectivity index (χ0n) is 23.2. The molecule has 0 spiro atoms. The minimum Gasteiger partial charge on any atom is -0.349 e. The number of halogens is 2. The van der Waals surface area contributed by atoms with E-state index in [9.17, 15) is 9.59 Å². The molecule has 6 rings (SSSR count). The monoisotopic (exact) mass is 600 g/mol. The van der Waals surface area contributed by atoms with Crippen LogP contribution in [0.1, 0.15) is 18.6 Å². The SMILES string of the molecule is C.Cc1cc2[nH]c(=O)c(N3CCN(C)CC3)nc2cc1Cl.Cc1cc2nc(N3CCN(C)CC3)c(=O)[nH]c2cc1Cl. The molecule has 0 aliphatic carbocycles. The van der Waals surface area contributed by atoms with E-state index in [-0.39, 0.29) is 18.5 Å². The lowest BCUT2D eigenvalue weighted by Crippen LogP contribution is -2.46. The van der Waals surface area contributed by atoms with Crippen molar-refractivity contribution < 1.29 is 0 Å². The third-order valence-corrected chi connectivity index (χ3v) is 8.33. The highest BCUT2D eigenvalue weighted by Gasteiger charge is 2.20. The first-order chi connectivity index (χ1) is 19.1. The number of nitrogens with zero attached hydrogens (tertiary/aromatic N) is 6. The number of nitrogens with one attached hydrogen (secondary N) is 2. The van der Waals surface area contributed by atoms with Gasteiger partial charge in [0.15, 0.2) is 11.6 Å². The smallest absolute Gasteiger partial charge is 0.291 e. The lowest BCUT2D eigenvalue weighted by Gasteiger charge is -2.32. The number of rotatable bonds is 2. The van der Waals surface area contributed by atoms with Crippen molar-refractivity contribution in [2.24, 2.45) is 0 Å².